The van der Waals surface area contributed by atoms with Gasteiger partial charge in [-0.1, -0.05) is 39.7 Å². The zero-order valence-corrected chi connectivity index (χ0v) is 16.3. The Labute approximate surface area is 161 Å². The van der Waals surface area contributed by atoms with Crippen LogP contribution in [0.3, 0.4) is 0 Å². The van der Waals surface area contributed by atoms with E-state index >= 15 is 0 Å². The molecule has 134 valence electrons. The monoisotopic (exact) mass is 425 g/mol. The van der Waals surface area contributed by atoms with Gasteiger partial charge in [0.2, 0.25) is 0 Å². The summed E-state index contributed by atoms with van der Waals surface area (Å²) in [6.45, 7) is 1.85. The molecule has 1 heterocycles. The first-order valence-electron chi connectivity index (χ1n) is 8.14. The van der Waals surface area contributed by atoms with E-state index in [-0.39, 0.29) is 18.7 Å². The van der Waals surface area contributed by atoms with Gasteiger partial charge in [0.1, 0.15) is 5.75 Å². The van der Waals surface area contributed by atoms with Gasteiger partial charge in [0.15, 0.2) is 0 Å². The fourth-order valence-corrected chi connectivity index (χ4v) is 4.04. The van der Waals surface area contributed by atoms with E-state index in [1.165, 1.54) is 0 Å². The minimum atomic E-state index is -0.0568. The summed E-state index contributed by atoms with van der Waals surface area (Å²) in [7, 11) is 1.66. The molecule has 0 unspecified atom stereocenters. The lowest BCUT2D eigenvalue weighted by atomic mass is 10.0. The highest BCUT2D eigenvalue weighted by Crippen LogP contribution is 2.32. The largest absolute Gasteiger partial charge is 0.497 e. The minimum Gasteiger partial charge on any atom is -0.497 e. The topological polar surface area (TPSA) is 41.9 Å². The molecule has 0 spiro atoms. The molecule has 0 aliphatic carbocycles. The number of hydrogen-bond acceptors (Lipinski definition) is 4. The van der Waals surface area contributed by atoms with Crippen LogP contribution in [0, 0.1) is 0 Å². The number of morpholine rings is 1. The van der Waals surface area contributed by atoms with Crippen molar-refractivity contribution in [2.45, 2.75) is 18.6 Å². The van der Waals surface area contributed by atoms with Gasteiger partial charge in [-0.3, -0.25) is 4.90 Å². The molecule has 1 aliphatic rings. The normalized spacial score (nSPS) is 21.3. The van der Waals surface area contributed by atoms with Crippen LogP contribution in [0.25, 0.3) is 0 Å². The van der Waals surface area contributed by atoms with Crippen molar-refractivity contribution in [3.05, 3.63) is 63.1 Å². The van der Waals surface area contributed by atoms with Crippen molar-refractivity contribution in [1.29, 1.82) is 0 Å². The number of nitrogens with zero attached hydrogens (tertiary/aromatic N) is 1. The molecular weight excluding hydrogens is 406 g/mol. The SMILES string of the molecule is COc1ccc(CN2[C@H](CO)COC[C@H]2c2cc(Cl)cc(Br)c2)cc1. The zero-order valence-electron chi connectivity index (χ0n) is 14.0. The maximum atomic E-state index is 9.82. The molecule has 6 heteroatoms. The lowest BCUT2D eigenvalue weighted by Gasteiger charge is -2.41. The van der Waals surface area contributed by atoms with Gasteiger partial charge < -0.3 is 14.6 Å². The molecule has 0 radical (unpaired) electrons. The highest BCUT2D eigenvalue weighted by Gasteiger charge is 2.32. The summed E-state index contributed by atoms with van der Waals surface area (Å²) < 4.78 is 11.9. The van der Waals surface area contributed by atoms with Crippen LogP contribution in [0.2, 0.25) is 5.02 Å². The van der Waals surface area contributed by atoms with E-state index in [2.05, 4.69) is 26.9 Å². The molecule has 0 amide bonds. The summed E-state index contributed by atoms with van der Waals surface area (Å²) in [4.78, 5) is 2.28. The van der Waals surface area contributed by atoms with Gasteiger partial charge in [-0.2, -0.15) is 0 Å². The van der Waals surface area contributed by atoms with Crippen LogP contribution in [0.15, 0.2) is 46.9 Å². The Balaban J connectivity index is 1.88. The molecule has 2 aromatic rings. The van der Waals surface area contributed by atoms with Crippen LogP contribution in [-0.4, -0.2) is 43.0 Å². The van der Waals surface area contributed by atoms with Gasteiger partial charge in [0.25, 0.3) is 0 Å². The zero-order chi connectivity index (χ0) is 17.8. The molecule has 1 N–H and O–H groups in total. The quantitative estimate of drug-likeness (QED) is 0.783. The molecular formula is C19H21BrClNO3. The summed E-state index contributed by atoms with van der Waals surface area (Å²) >= 11 is 9.74. The number of aliphatic hydroxyl groups excluding tert-OH is 1. The third kappa shape index (κ3) is 4.54. The predicted octanol–water partition coefficient (Wildman–Crippen LogP) is 4.05. The van der Waals surface area contributed by atoms with Gasteiger partial charge in [-0.05, 0) is 41.5 Å². The smallest absolute Gasteiger partial charge is 0.118 e. The molecule has 4 nitrogen and oxygen atoms in total. The number of aliphatic hydroxyl groups is 1. The third-order valence-corrected chi connectivity index (χ3v) is 5.14. The van der Waals surface area contributed by atoms with Crippen molar-refractivity contribution in [3.63, 3.8) is 0 Å². The van der Waals surface area contributed by atoms with Crippen LogP contribution in [0.1, 0.15) is 17.2 Å². The van der Waals surface area contributed by atoms with Crippen molar-refractivity contribution in [1.82, 2.24) is 4.90 Å². The second-order valence-corrected chi connectivity index (χ2v) is 7.46. The summed E-state index contributed by atoms with van der Waals surface area (Å²) in [5.74, 6) is 0.833. The van der Waals surface area contributed by atoms with Crippen LogP contribution in [0.4, 0.5) is 0 Å². The van der Waals surface area contributed by atoms with Crippen LogP contribution in [-0.2, 0) is 11.3 Å². The number of methoxy groups -OCH3 is 1. The van der Waals surface area contributed by atoms with Gasteiger partial charge >= 0.3 is 0 Å². The van der Waals surface area contributed by atoms with Gasteiger partial charge in [0, 0.05) is 16.0 Å². The lowest BCUT2D eigenvalue weighted by molar-refractivity contribution is -0.0711. The van der Waals surface area contributed by atoms with Crippen molar-refractivity contribution in [2.24, 2.45) is 0 Å². The van der Waals surface area contributed by atoms with E-state index in [9.17, 15) is 5.11 Å². The highest BCUT2D eigenvalue weighted by molar-refractivity contribution is 9.10. The fraction of sp³-hybridized carbons (Fsp3) is 0.368. The van der Waals surface area contributed by atoms with E-state index in [0.717, 1.165) is 21.3 Å². The first kappa shape index (κ1) is 18.7. The summed E-state index contributed by atoms with van der Waals surface area (Å²) in [6, 6.07) is 13.9. The van der Waals surface area contributed by atoms with Crippen LogP contribution in [0.5, 0.6) is 5.75 Å². The summed E-state index contributed by atoms with van der Waals surface area (Å²) in [5, 5.41) is 10.5. The number of rotatable bonds is 5. The van der Waals surface area contributed by atoms with E-state index < -0.39 is 0 Å². The molecule has 0 bridgehead atoms. The summed E-state index contributed by atoms with van der Waals surface area (Å²) in [5.41, 5.74) is 2.23. The Morgan fingerprint density at radius 1 is 1.24 bits per heavy atom. The van der Waals surface area contributed by atoms with Crippen LogP contribution >= 0.6 is 27.5 Å². The van der Waals surface area contributed by atoms with Gasteiger partial charge in [-0.25, -0.2) is 0 Å². The van der Waals surface area contributed by atoms with Gasteiger partial charge in [-0.15, -0.1) is 0 Å². The van der Waals surface area contributed by atoms with Crippen molar-refractivity contribution < 1.29 is 14.6 Å². The van der Waals surface area contributed by atoms with E-state index in [1.807, 2.05) is 36.4 Å². The van der Waals surface area contributed by atoms with E-state index in [4.69, 9.17) is 21.1 Å². The number of halogens is 2. The van der Waals surface area contributed by atoms with E-state index in [0.29, 0.717) is 24.8 Å². The fourth-order valence-electron chi connectivity index (χ4n) is 3.16. The number of ether oxygens (including phenoxy) is 2. The van der Waals surface area contributed by atoms with E-state index in [1.54, 1.807) is 7.11 Å². The molecule has 25 heavy (non-hydrogen) atoms. The first-order chi connectivity index (χ1) is 12.1. The maximum Gasteiger partial charge on any atom is 0.118 e. The number of benzene rings is 2. The number of hydrogen-bond donors (Lipinski definition) is 1. The lowest BCUT2D eigenvalue weighted by Crippen LogP contribution is -2.48. The Morgan fingerprint density at radius 3 is 2.64 bits per heavy atom. The average Bonchev–Trinajstić information content (AvgIpc) is 2.61. The Bertz CT molecular complexity index is 690. The van der Waals surface area contributed by atoms with Gasteiger partial charge in [0.05, 0.1) is 39.0 Å². The second kappa shape index (κ2) is 8.52. The molecule has 2 atom stereocenters. The minimum absolute atomic E-state index is 0.0306. The standard InChI is InChI=1S/C19H21BrClNO3/c1-24-18-4-2-13(3-5-18)9-22-17(10-23)11-25-12-19(22)14-6-15(20)8-16(21)7-14/h2-8,17,19,23H,9-12H2,1H3/t17-,19+/m1/s1. The first-order valence-corrected chi connectivity index (χ1v) is 9.31. The third-order valence-electron chi connectivity index (χ3n) is 4.46. The highest BCUT2D eigenvalue weighted by atomic mass is 79.9. The molecule has 1 fully saturated rings. The Morgan fingerprint density at radius 2 is 2.00 bits per heavy atom. The molecule has 3 rings (SSSR count). The Kier molecular flexibility index (Phi) is 6.36. The predicted molar refractivity (Wildman–Crippen MR) is 102 cm³/mol. The molecule has 1 aliphatic heterocycles. The van der Waals surface area contributed by atoms with Crippen molar-refractivity contribution in [2.75, 3.05) is 26.9 Å². The van der Waals surface area contributed by atoms with Crippen molar-refractivity contribution >= 4 is 27.5 Å². The molecule has 1 saturated heterocycles. The Hall–Kier alpha value is -1.11. The maximum absolute atomic E-state index is 9.82. The van der Waals surface area contributed by atoms with Crippen molar-refractivity contribution in [3.8, 4) is 5.75 Å². The second-order valence-electron chi connectivity index (χ2n) is 6.11. The molecule has 0 saturated carbocycles. The van der Waals surface area contributed by atoms with Crippen LogP contribution < -0.4 is 4.74 Å². The summed E-state index contributed by atoms with van der Waals surface area (Å²) in [6.07, 6.45) is 0. The molecule has 2 aromatic carbocycles. The molecule has 0 aromatic heterocycles. The average molecular weight is 427 g/mol.